The van der Waals surface area contributed by atoms with Crippen LogP contribution in [-0.4, -0.2) is 37.8 Å². The quantitative estimate of drug-likeness (QED) is 0.777. The van der Waals surface area contributed by atoms with Gasteiger partial charge in [0.05, 0.1) is 12.2 Å². The first-order valence-electron chi connectivity index (χ1n) is 9.44. The zero-order chi connectivity index (χ0) is 18.4. The molecule has 1 fully saturated rings. The molecule has 1 saturated heterocycles. The maximum atomic E-state index is 12.1. The molecule has 2 aliphatic rings. The summed E-state index contributed by atoms with van der Waals surface area (Å²) in [5.74, 6) is 1.03. The number of anilines is 1. The molecule has 1 N–H and O–H groups in total. The van der Waals surface area contributed by atoms with E-state index in [0.717, 1.165) is 48.9 Å². The van der Waals surface area contributed by atoms with Gasteiger partial charge < -0.3 is 10.2 Å². The molecular weight excluding hydrogens is 340 g/mol. The molecule has 1 amide bonds. The van der Waals surface area contributed by atoms with E-state index in [1.807, 2.05) is 44.6 Å². The number of imidazole rings is 1. The van der Waals surface area contributed by atoms with Crippen molar-refractivity contribution in [2.45, 2.75) is 38.9 Å². The second-order valence-corrected chi connectivity index (χ2v) is 7.21. The molecule has 7 heteroatoms. The molecule has 5 rings (SSSR count). The van der Waals surface area contributed by atoms with Gasteiger partial charge in [-0.05, 0) is 43.7 Å². The average Bonchev–Trinajstić information content (AvgIpc) is 3.40. The molecule has 0 spiro atoms. The van der Waals surface area contributed by atoms with Crippen molar-refractivity contribution in [3.05, 3.63) is 48.4 Å². The van der Waals surface area contributed by atoms with Gasteiger partial charge in [-0.15, -0.1) is 0 Å². The van der Waals surface area contributed by atoms with Gasteiger partial charge in [0.2, 0.25) is 5.91 Å². The Morgan fingerprint density at radius 1 is 1.19 bits per heavy atom. The van der Waals surface area contributed by atoms with Crippen LogP contribution in [0.4, 0.5) is 5.69 Å². The molecule has 2 aliphatic heterocycles. The second kappa shape index (κ2) is 6.35. The Hall–Kier alpha value is -2.93. The van der Waals surface area contributed by atoms with Crippen molar-refractivity contribution in [1.82, 2.24) is 24.6 Å². The molecule has 138 valence electrons. The molecule has 1 atom stereocenters. The summed E-state index contributed by atoms with van der Waals surface area (Å²) in [5, 5.41) is 8.09. The van der Waals surface area contributed by atoms with Crippen molar-refractivity contribution in [2.75, 3.05) is 11.4 Å². The number of rotatable bonds is 3. The smallest absolute Gasteiger partial charge is 0.227 e. The fraction of sp³-hybridized carbons (Fsp3) is 0.350. The summed E-state index contributed by atoms with van der Waals surface area (Å²) in [6, 6.07) is 10.5. The number of hydrogen-bond donors (Lipinski definition) is 1. The lowest BCUT2D eigenvalue weighted by atomic mass is 10.2. The van der Waals surface area contributed by atoms with Crippen LogP contribution in [0.5, 0.6) is 0 Å². The second-order valence-electron chi connectivity index (χ2n) is 7.21. The summed E-state index contributed by atoms with van der Waals surface area (Å²) < 4.78 is 4.09. The van der Waals surface area contributed by atoms with E-state index in [1.54, 1.807) is 6.20 Å². The van der Waals surface area contributed by atoms with Crippen molar-refractivity contribution >= 4 is 11.6 Å². The largest absolute Gasteiger partial charge is 0.310 e. The van der Waals surface area contributed by atoms with Crippen LogP contribution in [-0.2, 0) is 17.9 Å². The minimum atomic E-state index is 0.204. The third-order valence-electron chi connectivity index (χ3n) is 5.43. The maximum Gasteiger partial charge on any atom is 0.227 e. The van der Waals surface area contributed by atoms with Crippen molar-refractivity contribution in [3.8, 4) is 17.2 Å². The van der Waals surface area contributed by atoms with Crippen LogP contribution in [0.25, 0.3) is 17.2 Å². The number of amides is 1. The lowest BCUT2D eigenvalue weighted by Gasteiger charge is -2.22. The number of nitrogens with zero attached hydrogens (tertiary/aromatic N) is 5. The number of nitrogens with one attached hydrogen (secondary N) is 1. The number of benzene rings is 1. The lowest BCUT2D eigenvalue weighted by molar-refractivity contribution is -0.117. The van der Waals surface area contributed by atoms with Gasteiger partial charge in [0, 0.05) is 49.3 Å². The fourth-order valence-corrected chi connectivity index (χ4v) is 4.00. The molecule has 3 aromatic rings. The third-order valence-corrected chi connectivity index (χ3v) is 5.43. The first-order valence-corrected chi connectivity index (χ1v) is 9.44. The molecule has 0 saturated carbocycles. The molecule has 0 radical (unpaired) electrons. The highest BCUT2D eigenvalue weighted by Crippen LogP contribution is 2.28. The molecule has 0 bridgehead atoms. The molecule has 0 aliphatic carbocycles. The first-order chi connectivity index (χ1) is 13.2. The van der Waals surface area contributed by atoms with Gasteiger partial charge in [0.1, 0.15) is 5.69 Å². The Morgan fingerprint density at radius 3 is 2.74 bits per heavy atom. The van der Waals surface area contributed by atoms with Gasteiger partial charge in [0.25, 0.3) is 0 Å². The lowest BCUT2D eigenvalue weighted by Crippen LogP contribution is -2.30. The van der Waals surface area contributed by atoms with Crippen molar-refractivity contribution < 1.29 is 4.79 Å². The van der Waals surface area contributed by atoms with E-state index in [4.69, 9.17) is 5.10 Å². The zero-order valence-electron chi connectivity index (χ0n) is 15.3. The van der Waals surface area contributed by atoms with Crippen molar-refractivity contribution in [3.63, 3.8) is 0 Å². The van der Waals surface area contributed by atoms with E-state index < -0.39 is 0 Å². The van der Waals surface area contributed by atoms with Crippen LogP contribution in [0, 0.1) is 0 Å². The summed E-state index contributed by atoms with van der Waals surface area (Å²) in [6.45, 7) is 4.76. The number of carbonyl (C=O) groups is 1. The van der Waals surface area contributed by atoms with Crippen molar-refractivity contribution in [1.29, 1.82) is 0 Å². The van der Waals surface area contributed by atoms with E-state index in [1.165, 1.54) is 5.69 Å². The van der Waals surface area contributed by atoms with E-state index in [0.29, 0.717) is 6.42 Å². The minimum absolute atomic E-state index is 0.204. The molecule has 4 heterocycles. The minimum Gasteiger partial charge on any atom is -0.310 e. The zero-order valence-corrected chi connectivity index (χ0v) is 15.3. The summed E-state index contributed by atoms with van der Waals surface area (Å²) in [6.07, 6.45) is 5.30. The first kappa shape index (κ1) is 16.3. The van der Waals surface area contributed by atoms with Crippen LogP contribution in [0.15, 0.2) is 42.7 Å². The van der Waals surface area contributed by atoms with Gasteiger partial charge >= 0.3 is 0 Å². The average molecular weight is 362 g/mol. The molecule has 0 unspecified atom stereocenters. The number of hydrogen-bond acceptors (Lipinski definition) is 4. The predicted octanol–water partition coefficient (Wildman–Crippen LogP) is 2.35. The van der Waals surface area contributed by atoms with Crippen LogP contribution >= 0.6 is 0 Å². The highest BCUT2D eigenvalue weighted by molar-refractivity contribution is 5.96. The Bertz CT molecular complexity index is 963. The van der Waals surface area contributed by atoms with E-state index in [2.05, 4.69) is 23.3 Å². The van der Waals surface area contributed by atoms with Gasteiger partial charge in [-0.25, -0.2) is 4.98 Å². The Balaban J connectivity index is 1.47. The topological polar surface area (TPSA) is 68.0 Å². The number of aromatic nitrogens is 4. The van der Waals surface area contributed by atoms with Gasteiger partial charge in [-0.2, -0.15) is 5.10 Å². The maximum absolute atomic E-state index is 12.1. The van der Waals surface area contributed by atoms with Crippen LogP contribution in [0.1, 0.15) is 25.5 Å². The molecular formula is C20H22N6O. The van der Waals surface area contributed by atoms with Gasteiger partial charge in [0.15, 0.2) is 5.82 Å². The molecule has 7 nitrogen and oxygen atoms in total. The Kier molecular flexibility index (Phi) is 3.82. The van der Waals surface area contributed by atoms with E-state index in [9.17, 15) is 4.79 Å². The summed E-state index contributed by atoms with van der Waals surface area (Å²) in [4.78, 5) is 18.6. The van der Waals surface area contributed by atoms with Crippen LogP contribution in [0.2, 0.25) is 0 Å². The highest BCUT2D eigenvalue weighted by Gasteiger charge is 2.28. The molecule has 1 aromatic carbocycles. The number of carbonyl (C=O) groups excluding carboxylic acids is 1. The standard InChI is InChI=1S/C20H22N6O/c1-14-2-7-19(27)26(14)16-5-3-15(4-6-16)24-10-9-22-20(24)18-12-17-13-21-8-11-25(17)23-18/h3-6,9-10,12,14,21H,2,7-8,11,13H2,1H3/t14-/m1/s1. The summed E-state index contributed by atoms with van der Waals surface area (Å²) >= 11 is 0. The van der Waals surface area contributed by atoms with Crippen LogP contribution in [0.3, 0.4) is 0 Å². The third kappa shape index (κ3) is 2.75. The van der Waals surface area contributed by atoms with E-state index in [-0.39, 0.29) is 11.9 Å². The van der Waals surface area contributed by atoms with Gasteiger partial charge in [-0.1, -0.05) is 0 Å². The fourth-order valence-electron chi connectivity index (χ4n) is 4.00. The van der Waals surface area contributed by atoms with E-state index >= 15 is 0 Å². The normalized spacial score (nSPS) is 19.5. The van der Waals surface area contributed by atoms with Crippen molar-refractivity contribution in [2.24, 2.45) is 0 Å². The number of fused-ring (bicyclic) bond motifs is 1. The molecule has 2 aromatic heterocycles. The SMILES string of the molecule is C[C@@H]1CCC(=O)N1c1ccc(-n2ccnc2-c2cc3n(n2)CCNC3)cc1. The van der Waals surface area contributed by atoms with Crippen LogP contribution < -0.4 is 10.2 Å². The summed E-state index contributed by atoms with van der Waals surface area (Å²) in [5.41, 5.74) is 4.03. The molecule has 27 heavy (non-hydrogen) atoms. The predicted molar refractivity (Wildman–Crippen MR) is 103 cm³/mol. The monoisotopic (exact) mass is 362 g/mol. The highest BCUT2D eigenvalue weighted by atomic mass is 16.2. The Labute approximate surface area is 157 Å². The summed E-state index contributed by atoms with van der Waals surface area (Å²) in [7, 11) is 0. The van der Waals surface area contributed by atoms with Gasteiger partial charge in [-0.3, -0.25) is 14.0 Å². The Morgan fingerprint density at radius 2 is 2.00 bits per heavy atom.